The maximum atomic E-state index is 11.7. The number of aromatic nitrogens is 3. The first-order chi connectivity index (χ1) is 7.65. The Morgan fingerprint density at radius 2 is 2.38 bits per heavy atom. The summed E-state index contributed by atoms with van der Waals surface area (Å²) in [5.41, 5.74) is -0.306. The van der Waals surface area contributed by atoms with E-state index in [0.717, 1.165) is 4.68 Å². The number of esters is 1. The number of aryl methyl sites for hydroxylation is 1. The van der Waals surface area contributed by atoms with Crippen LogP contribution in [-0.4, -0.2) is 27.8 Å². The van der Waals surface area contributed by atoms with Crippen LogP contribution in [0.15, 0.2) is 21.7 Å². The van der Waals surface area contributed by atoms with Gasteiger partial charge < -0.3 is 9.15 Å². The van der Waals surface area contributed by atoms with Gasteiger partial charge in [0.25, 0.3) is 5.56 Å². The van der Waals surface area contributed by atoms with Crippen LogP contribution in [0.3, 0.4) is 0 Å². The summed E-state index contributed by atoms with van der Waals surface area (Å²) >= 11 is 0. The molecule has 84 valence electrons. The summed E-state index contributed by atoms with van der Waals surface area (Å²) in [4.78, 5) is 27.0. The number of ether oxygens (including phenoxy) is 1. The number of hydrogen-bond acceptors (Lipinski definition) is 5. The number of hydrogen-bond donors (Lipinski definition) is 1. The summed E-state index contributed by atoms with van der Waals surface area (Å²) in [5, 5.41) is 2.58. The molecule has 16 heavy (non-hydrogen) atoms. The molecule has 0 radical (unpaired) electrons. The van der Waals surface area contributed by atoms with Crippen molar-refractivity contribution in [3.8, 4) is 11.5 Å². The molecule has 2 aromatic heterocycles. The highest BCUT2D eigenvalue weighted by atomic mass is 16.5. The van der Waals surface area contributed by atoms with Gasteiger partial charge in [-0.05, 0) is 0 Å². The number of nitrogens with one attached hydrogen (secondary N) is 1. The largest absolute Gasteiger partial charge is 0.464 e. The van der Waals surface area contributed by atoms with Gasteiger partial charge >= 0.3 is 5.97 Å². The molecule has 0 atom stereocenters. The van der Waals surface area contributed by atoms with Gasteiger partial charge in [0.2, 0.25) is 5.89 Å². The van der Waals surface area contributed by atoms with Crippen LogP contribution >= 0.6 is 0 Å². The van der Waals surface area contributed by atoms with E-state index in [9.17, 15) is 9.59 Å². The third-order valence-electron chi connectivity index (χ3n) is 2.08. The van der Waals surface area contributed by atoms with E-state index in [0.29, 0.717) is 0 Å². The Morgan fingerprint density at radius 1 is 1.62 bits per heavy atom. The highest BCUT2D eigenvalue weighted by Crippen LogP contribution is 2.17. The van der Waals surface area contributed by atoms with E-state index in [4.69, 9.17) is 4.42 Å². The second kappa shape index (κ2) is 3.69. The minimum Gasteiger partial charge on any atom is -0.464 e. The van der Waals surface area contributed by atoms with Crippen LogP contribution in [0.4, 0.5) is 0 Å². The fourth-order valence-corrected chi connectivity index (χ4v) is 1.34. The lowest BCUT2D eigenvalue weighted by atomic mass is 10.2. The maximum Gasteiger partial charge on any atom is 0.357 e. The van der Waals surface area contributed by atoms with Crippen molar-refractivity contribution < 1.29 is 13.9 Å². The van der Waals surface area contributed by atoms with E-state index in [1.807, 2.05) is 0 Å². The molecule has 2 rings (SSSR count). The minimum atomic E-state index is -0.647. The maximum absolute atomic E-state index is 11.7. The lowest BCUT2D eigenvalue weighted by Crippen LogP contribution is -2.13. The summed E-state index contributed by atoms with van der Waals surface area (Å²) in [6.07, 6.45) is 2.71. The molecule has 7 nitrogen and oxygen atoms in total. The molecule has 0 unspecified atom stereocenters. The van der Waals surface area contributed by atoms with Crippen molar-refractivity contribution in [2.45, 2.75) is 0 Å². The molecule has 0 saturated heterocycles. The number of H-pyrrole nitrogens is 1. The number of methoxy groups -OCH3 is 1. The zero-order valence-corrected chi connectivity index (χ0v) is 8.68. The quantitative estimate of drug-likeness (QED) is 0.732. The van der Waals surface area contributed by atoms with E-state index in [1.54, 1.807) is 0 Å². The Balaban J connectivity index is 2.68. The first-order valence-corrected chi connectivity index (χ1v) is 4.42. The molecular formula is C9H9N3O4. The number of carbonyl (C=O) groups excluding carboxylic acids is 1. The van der Waals surface area contributed by atoms with E-state index in [-0.39, 0.29) is 17.1 Å². The van der Waals surface area contributed by atoms with Crippen molar-refractivity contribution in [2.24, 2.45) is 7.05 Å². The molecule has 0 saturated carbocycles. The molecule has 2 heterocycles. The van der Waals surface area contributed by atoms with Crippen molar-refractivity contribution in [3.63, 3.8) is 0 Å². The molecule has 1 N–H and O–H groups in total. The molecule has 0 aromatic carbocycles. The second-order valence-electron chi connectivity index (χ2n) is 3.05. The van der Waals surface area contributed by atoms with Crippen molar-refractivity contribution >= 4 is 5.97 Å². The number of oxazole rings is 1. The van der Waals surface area contributed by atoms with Crippen molar-refractivity contribution in [1.29, 1.82) is 0 Å². The van der Waals surface area contributed by atoms with Gasteiger partial charge in [0, 0.05) is 7.05 Å². The lowest BCUT2D eigenvalue weighted by molar-refractivity contribution is 0.0593. The molecule has 0 bridgehead atoms. The molecular weight excluding hydrogens is 214 g/mol. The molecule has 0 aliphatic rings. The van der Waals surface area contributed by atoms with Gasteiger partial charge in [0.15, 0.2) is 5.69 Å². The molecule has 0 amide bonds. The number of aromatic amines is 1. The molecule has 0 aliphatic carbocycles. The van der Waals surface area contributed by atoms with Gasteiger partial charge in [0.1, 0.15) is 11.8 Å². The zero-order valence-electron chi connectivity index (χ0n) is 8.68. The fourth-order valence-electron chi connectivity index (χ4n) is 1.34. The van der Waals surface area contributed by atoms with E-state index in [2.05, 4.69) is 14.8 Å². The lowest BCUT2D eigenvalue weighted by Gasteiger charge is -1.96. The van der Waals surface area contributed by atoms with Crippen LogP contribution in [-0.2, 0) is 11.8 Å². The Labute approximate surface area is 89.6 Å². The van der Waals surface area contributed by atoms with E-state index >= 15 is 0 Å². The monoisotopic (exact) mass is 223 g/mol. The van der Waals surface area contributed by atoms with Crippen LogP contribution in [0.1, 0.15) is 10.5 Å². The predicted octanol–water partition coefficient (Wildman–Crippen LogP) is 0.155. The van der Waals surface area contributed by atoms with Gasteiger partial charge in [0.05, 0.1) is 13.3 Å². The van der Waals surface area contributed by atoms with Gasteiger partial charge in [-0.3, -0.25) is 14.6 Å². The Morgan fingerprint density at radius 3 is 2.94 bits per heavy atom. The Bertz CT molecular complexity index is 564. The first kappa shape index (κ1) is 10.2. The van der Waals surface area contributed by atoms with Gasteiger partial charge in [-0.2, -0.15) is 0 Å². The van der Waals surface area contributed by atoms with Crippen molar-refractivity contribution in [2.75, 3.05) is 7.11 Å². The normalized spacial score (nSPS) is 10.4. The molecule has 7 heteroatoms. The van der Waals surface area contributed by atoms with Crippen LogP contribution in [0, 0.1) is 0 Å². The number of carbonyl (C=O) groups is 1. The minimum absolute atomic E-state index is 0.0254. The summed E-state index contributed by atoms with van der Waals surface area (Å²) in [5.74, 6) is -0.562. The number of nitrogens with zero attached hydrogens (tertiary/aromatic N) is 2. The molecule has 0 spiro atoms. The second-order valence-corrected chi connectivity index (χ2v) is 3.05. The summed E-state index contributed by atoms with van der Waals surface area (Å²) < 4.78 is 10.7. The van der Waals surface area contributed by atoms with E-state index in [1.165, 1.54) is 26.6 Å². The average molecular weight is 223 g/mol. The van der Waals surface area contributed by atoms with Crippen LogP contribution in [0.25, 0.3) is 11.5 Å². The topological polar surface area (TPSA) is 90.1 Å². The third-order valence-corrected chi connectivity index (χ3v) is 2.08. The highest BCUT2D eigenvalue weighted by molar-refractivity contribution is 5.93. The van der Waals surface area contributed by atoms with Gasteiger partial charge in [-0.1, -0.05) is 0 Å². The van der Waals surface area contributed by atoms with Gasteiger partial charge in [-0.25, -0.2) is 9.78 Å². The summed E-state index contributed by atoms with van der Waals surface area (Å²) in [6.45, 7) is 0. The van der Waals surface area contributed by atoms with E-state index < -0.39 is 11.5 Å². The number of rotatable bonds is 2. The SMILES string of the molecule is COC(=O)c1[nH]n(C)c(=O)c1-c1ncco1. The zero-order chi connectivity index (χ0) is 11.7. The fraction of sp³-hybridized carbons (Fsp3) is 0.222. The molecule has 0 fully saturated rings. The molecule has 2 aromatic rings. The summed E-state index contributed by atoms with van der Waals surface area (Å²) in [6, 6.07) is 0. The third kappa shape index (κ3) is 1.42. The Hall–Kier alpha value is -2.31. The van der Waals surface area contributed by atoms with Crippen LogP contribution < -0.4 is 5.56 Å². The Kier molecular flexibility index (Phi) is 2.35. The predicted molar refractivity (Wildman–Crippen MR) is 52.9 cm³/mol. The van der Waals surface area contributed by atoms with Crippen molar-refractivity contribution in [3.05, 3.63) is 28.5 Å². The smallest absolute Gasteiger partial charge is 0.357 e. The highest BCUT2D eigenvalue weighted by Gasteiger charge is 2.23. The van der Waals surface area contributed by atoms with Gasteiger partial charge in [-0.15, -0.1) is 0 Å². The first-order valence-electron chi connectivity index (χ1n) is 4.42. The van der Waals surface area contributed by atoms with Crippen molar-refractivity contribution in [1.82, 2.24) is 14.8 Å². The molecule has 0 aliphatic heterocycles. The average Bonchev–Trinajstić information content (AvgIpc) is 2.87. The summed E-state index contributed by atoms with van der Waals surface area (Å²) in [7, 11) is 2.72. The van der Waals surface area contributed by atoms with Crippen LogP contribution in [0.2, 0.25) is 0 Å². The van der Waals surface area contributed by atoms with Crippen LogP contribution in [0.5, 0.6) is 0 Å². The standard InChI is InChI=1S/C9H9N3O4/c1-12-8(13)5(7-10-3-4-16-7)6(11-12)9(14)15-2/h3-4,11H,1-2H3.